The SMILES string of the molecule is C[SiH](C)OCCOCC1CO1. The first kappa shape index (κ1) is 9.19. The third-order valence-electron chi connectivity index (χ3n) is 1.38. The molecule has 0 bridgehead atoms. The van der Waals surface area contributed by atoms with Gasteiger partial charge in [-0.1, -0.05) is 0 Å². The number of ether oxygens (including phenoxy) is 2. The lowest BCUT2D eigenvalue weighted by Crippen LogP contribution is -2.14. The average molecular weight is 176 g/mol. The quantitative estimate of drug-likeness (QED) is 0.333. The lowest BCUT2D eigenvalue weighted by atomic mass is 10.5. The maximum absolute atomic E-state index is 5.42. The van der Waals surface area contributed by atoms with Crippen LogP contribution in [0.2, 0.25) is 13.1 Å². The van der Waals surface area contributed by atoms with E-state index in [-0.39, 0.29) is 0 Å². The van der Waals surface area contributed by atoms with Crippen LogP contribution in [0.4, 0.5) is 0 Å². The van der Waals surface area contributed by atoms with Crippen LogP contribution in [-0.4, -0.2) is 41.6 Å². The van der Waals surface area contributed by atoms with Crippen molar-refractivity contribution in [2.45, 2.75) is 19.2 Å². The Kier molecular flexibility index (Phi) is 4.07. The molecule has 0 N–H and O–H groups in total. The molecule has 0 aromatic heterocycles. The second-order valence-corrected chi connectivity index (χ2v) is 5.38. The monoisotopic (exact) mass is 176 g/mol. The molecule has 0 aromatic carbocycles. The van der Waals surface area contributed by atoms with Gasteiger partial charge < -0.3 is 13.9 Å². The van der Waals surface area contributed by atoms with E-state index in [0.29, 0.717) is 12.7 Å². The lowest BCUT2D eigenvalue weighted by Gasteiger charge is -2.05. The number of hydrogen-bond acceptors (Lipinski definition) is 3. The molecule has 0 aromatic rings. The molecule has 0 radical (unpaired) electrons. The average Bonchev–Trinajstić information content (AvgIpc) is 2.70. The summed E-state index contributed by atoms with van der Waals surface area (Å²) in [5.74, 6) is 0. The molecule has 4 heteroatoms. The van der Waals surface area contributed by atoms with Gasteiger partial charge in [0.05, 0.1) is 26.4 Å². The zero-order chi connectivity index (χ0) is 8.10. The highest BCUT2D eigenvalue weighted by molar-refractivity contribution is 6.48. The van der Waals surface area contributed by atoms with Gasteiger partial charge in [0, 0.05) is 0 Å². The Hall–Kier alpha value is 0.0969. The summed E-state index contributed by atoms with van der Waals surface area (Å²) in [6.45, 7) is 7.39. The van der Waals surface area contributed by atoms with Crippen molar-refractivity contribution in [2.75, 3.05) is 26.4 Å². The second kappa shape index (κ2) is 4.87. The van der Waals surface area contributed by atoms with Crippen LogP contribution in [0.5, 0.6) is 0 Å². The molecule has 1 rings (SSSR count). The molecule has 1 saturated heterocycles. The van der Waals surface area contributed by atoms with Gasteiger partial charge >= 0.3 is 0 Å². The van der Waals surface area contributed by atoms with E-state index < -0.39 is 9.04 Å². The van der Waals surface area contributed by atoms with E-state index in [2.05, 4.69) is 13.1 Å². The van der Waals surface area contributed by atoms with Gasteiger partial charge in [0.1, 0.15) is 6.10 Å². The van der Waals surface area contributed by atoms with Crippen molar-refractivity contribution < 1.29 is 13.9 Å². The van der Waals surface area contributed by atoms with Gasteiger partial charge in [-0.2, -0.15) is 0 Å². The molecule has 0 amide bonds. The Bertz CT molecular complexity index is 99.9. The molecule has 0 saturated carbocycles. The predicted octanol–water partition coefficient (Wildman–Crippen LogP) is 0.402. The Balaban J connectivity index is 1.73. The van der Waals surface area contributed by atoms with E-state index in [9.17, 15) is 0 Å². The highest BCUT2D eigenvalue weighted by Gasteiger charge is 2.21. The molecule has 0 spiro atoms. The fourth-order valence-corrected chi connectivity index (χ4v) is 1.29. The van der Waals surface area contributed by atoms with Gasteiger partial charge in [-0.25, -0.2) is 0 Å². The van der Waals surface area contributed by atoms with Crippen LogP contribution < -0.4 is 0 Å². The van der Waals surface area contributed by atoms with Crippen LogP contribution in [0.3, 0.4) is 0 Å². The standard InChI is InChI=1S/C7H16O3Si/c1-11(2)10-4-3-8-5-7-6-9-7/h7,11H,3-6H2,1-2H3. The maximum atomic E-state index is 5.42. The summed E-state index contributed by atoms with van der Waals surface area (Å²) in [7, 11) is -0.833. The topological polar surface area (TPSA) is 31.0 Å². The molecule has 1 aliphatic heterocycles. The predicted molar refractivity (Wildman–Crippen MR) is 45.4 cm³/mol. The number of hydrogen-bond donors (Lipinski definition) is 0. The molecule has 11 heavy (non-hydrogen) atoms. The first-order chi connectivity index (χ1) is 5.29. The Labute approximate surface area is 69.4 Å². The fraction of sp³-hybridized carbons (Fsp3) is 1.00. The first-order valence-electron chi connectivity index (χ1n) is 4.10. The molecule has 3 nitrogen and oxygen atoms in total. The van der Waals surface area contributed by atoms with Gasteiger partial charge in [0.15, 0.2) is 9.04 Å². The Morgan fingerprint density at radius 1 is 1.45 bits per heavy atom. The second-order valence-electron chi connectivity index (χ2n) is 2.95. The Morgan fingerprint density at radius 3 is 2.73 bits per heavy atom. The van der Waals surface area contributed by atoms with E-state index in [4.69, 9.17) is 13.9 Å². The summed E-state index contributed by atoms with van der Waals surface area (Å²) in [6, 6.07) is 0. The summed E-state index contributed by atoms with van der Waals surface area (Å²) in [5, 5.41) is 0. The van der Waals surface area contributed by atoms with E-state index in [1.54, 1.807) is 0 Å². The third kappa shape index (κ3) is 5.38. The Morgan fingerprint density at radius 2 is 2.18 bits per heavy atom. The molecule has 1 heterocycles. The van der Waals surface area contributed by atoms with Crippen molar-refractivity contribution in [3.05, 3.63) is 0 Å². The fourth-order valence-electron chi connectivity index (χ4n) is 0.722. The van der Waals surface area contributed by atoms with Crippen molar-refractivity contribution in [3.63, 3.8) is 0 Å². The first-order valence-corrected chi connectivity index (χ1v) is 6.88. The van der Waals surface area contributed by atoms with E-state index in [0.717, 1.165) is 19.8 Å². The third-order valence-corrected chi connectivity index (χ3v) is 2.29. The molecule has 1 fully saturated rings. The summed E-state index contributed by atoms with van der Waals surface area (Å²) in [6.07, 6.45) is 0.381. The number of rotatable bonds is 6. The number of epoxide rings is 1. The molecule has 66 valence electrons. The zero-order valence-corrected chi connectivity index (χ0v) is 8.36. The zero-order valence-electron chi connectivity index (χ0n) is 7.21. The molecule has 0 aliphatic carbocycles. The molecular weight excluding hydrogens is 160 g/mol. The van der Waals surface area contributed by atoms with E-state index in [1.165, 1.54) is 0 Å². The highest BCUT2D eigenvalue weighted by atomic mass is 28.3. The summed E-state index contributed by atoms with van der Waals surface area (Å²) < 4.78 is 15.7. The van der Waals surface area contributed by atoms with Crippen LogP contribution in [0.1, 0.15) is 0 Å². The van der Waals surface area contributed by atoms with Crippen molar-refractivity contribution in [3.8, 4) is 0 Å². The van der Waals surface area contributed by atoms with Crippen LogP contribution >= 0.6 is 0 Å². The van der Waals surface area contributed by atoms with Crippen molar-refractivity contribution in [1.82, 2.24) is 0 Å². The van der Waals surface area contributed by atoms with Crippen molar-refractivity contribution in [1.29, 1.82) is 0 Å². The maximum Gasteiger partial charge on any atom is 0.171 e. The van der Waals surface area contributed by atoms with E-state index in [1.807, 2.05) is 0 Å². The molecule has 1 aliphatic rings. The van der Waals surface area contributed by atoms with Crippen LogP contribution in [0.25, 0.3) is 0 Å². The van der Waals surface area contributed by atoms with Crippen molar-refractivity contribution >= 4 is 9.04 Å². The van der Waals surface area contributed by atoms with Gasteiger partial charge in [0.2, 0.25) is 0 Å². The minimum atomic E-state index is -0.833. The van der Waals surface area contributed by atoms with Gasteiger partial charge in [-0.3, -0.25) is 0 Å². The summed E-state index contributed by atoms with van der Waals surface area (Å²) in [4.78, 5) is 0. The van der Waals surface area contributed by atoms with Gasteiger partial charge in [-0.05, 0) is 13.1 Å². The summed E-state index contributed by atoms with van der Waals surface area (Å²) >= 11 is 0. The van der Waals surface area contributed by atoms with Crippen molar-refractivity contribution in [2.24, 2.45) is 0 Å². The van der Waals surface area contributed by atoms with Crippen LogP contribution in [0, 0.1) is 0 Å². The molecule has 1 unspecified atom stereocenters. The minimum Gasteiger partial charge on any atom is -0.418 e. The van der Waals surface area contributed by atoms with E-state index >= 15 is 0 Å². The lowest BCUT2D eigenvalue weighted by molar-refractivity contribution is 0.0878. The smallest absolute Gasteiger partial charge is 0.171 e. The van der Waals surface area contributed by atoms with Crippen LogP contribution in [-0.2, 0) is 13.9 Å². The highest BCUT2D eigenvalue weighted by Crippen LogP contribution is 2.07. The normalized spacial score (nSPS) is 22.6. The molecule has 1 atom stereocenters. The largest absolute Gasteiger partial charge is 0.418 e. The van der Waals surface area contributed by atoms with Gasteiger partial charge in [-0.15, -0.1) is 0 Å². The molecular formula is C7H16O3Si. The van der Waals surface area contributed by atoms with Crippen LogP contribution in [0.15, 0.2) is 0 Å². The summed E-state index contributed by atoms with van der Waals surface area (Å²) in [5.41, 5.74) is 0. The minimum absolute atomic E-state index is 0.381. The van der Waals surface area contributed by atoms with Gasteiger partial charge in [0.25, 0.3) is 0 Å².